The van der Waals surface area contributed by atoms with E-state index in [4.69, 9.17) is 9.47 Å². The minimum absolute atomic E-state index is 0.0627. The fraction of sp³-hybridized carbons (Fsp3) is 0.172. The summed E-state index contributed by atoms with van der Waals surface area (Å²) in [5, 5.41) is 3.29. The predicted molar refractivity (Wildman–Crippen MR) is 146 cm³/mol. The van der Waals surface area contributed by atoms with Gasteiger partial charge < -0.3 is 18.6 Å². The summed E-state index contributed by atoms with van der Waals surface area (Å²) in [5.41, 5.74) is 0. The molecular formula is C29H30O4P2. The van der Waals surface area contributed by atoms with Gasteiger partial charge in [-0.25, -0.2) is 0 Å². The molecule has 4 aromatic carbocycles. The van der Waals surface area contributed by atoms with Gasteiger partial charge in [0, 0.05) is 33.5 Å². The second kappa shape index (κ2) is 12.3. The Labute approximate surface area is 207 Å². The van der Waals surface area contributed by atoms with Crippen LogP contribution in [0.25, 0.3) is 0 Å². The molecule has 0 aromatic heterocycles. The van der Waals surface area contributed by atoms with Crippen LogP contribution in [0, 0.1) is 0 Å². The lowest BCUT2D eigenvalue weighted by Gasteiger charge is -2.20. The predicted octanol–water partition coefficient (Wildman–Crippen LogP) is 5.01. The summed E-state index contributed by atoms with van der Waals surface area (Å²) in [5.74, 6) is 0. The molecule has 0 bridgehead atoms. The monoisotopic (exact) mass is 504 g/mol. The van der Waals surface area contributed by atoms with Crippen molar-refractivity contribution in [2.75, 3.05) is 32.3 Å². The largest absolute Gasteiger partial charge is 0.355 e. The molecule has 0 radical (unpaired) electrons. The first kappa shape index (κ1) is 25.4. The lowest BCUT2D eigenvalue weighted by Crippen LogP contribution is -2.22. The maximum absolute atomic E-state index is 14.0. The van der Waals surface area contributed by atoms with Gasteiger partial charge in [0.15, 0.2) is 0 Å². The van der Waals surface area contributed by atoms with E-state index in [2.05, 4.69) is 0 Å². The SMILES string of the molecule is O=P(CCOCOCCP(=O)(c1ccccc1)c1ccccc1)(c1ccccc1)c1ccccc1. The molecule has 0 N–H and O–H groups in total. The summed E-state index contributed by atoms with van der Waals surface area (Å²) in [6.45, 7) is 0.666. The second-order valence-corrected chi connectivity index (χ2v) is 14.1. The molecule has 35 heavy (non-hydrogen) atoms. The zero-order valence-electron chi connectivity index (χ0n) is 19.6. The molecule has 0 atom stereocenters. The number of rotatable bonds is 12. The van der Waals surface area contributed by atoms with Gasteiger partial charge in [-0.3, -0.25) is 0 Å². The minimum Gasteiger partial charge on any atom is -0.355 e. The first-order chi connectivity index (χ1) is 17.1. The van der Waals surface area contributed by atoms with Crippen LogP contribution in [0.15, 0.2) is 121 Å². The van der Waals surface area contributed by atoms with Crippen molar-refractivity contribution in [1.29, 1.82) is 0 Å². The molecule has 0 spiro atoms. The Hall–Kier alpha value is -2.74. The Morgan fingerprint density at radius 1 is 0.429 bits per heavy atom. The maximum atomic E-state index is 14.0. The van der Waals surface area contributed by atoms with Gasteiger partial charge in [-0.2, -0.15) is 0 Å². The highest BCUT2D eigenvalue weighted by Gasteiger charge is 2.28. The molecule has 0 saturated carbocycles. The number of benzene rings is 4. The Balaban J connectivity index is 1.33. The van der Waals surface area contributed by atoms with Crippen molar-refractivity contribution < 1.29 is 18.6 Å². The topological polar surface area (TPSA) is 52.6 Å². The van der Waals surface area contributed by atoms with Crippen LogP contribution in [0.2, 0.25) is 0 Å². The molecule has 0 unspecified atom stereocenters. The molecule has 4 rings (SSSR count). The highest BCUT2D eigenvalue weighted by Crippen LogP contribution is 2.43. The molecule has 4 aromatic rings. The fourth-order valence-corrected chi connectivity index (χ4v) is 9.07. The Kier molecular flexibility index (Phi) is 8.90. The molecule has 0 amide bonds. The van der Waals surface area contributed by atoms with Crippen LogP contribution in [-0.2, 0) is 18.6 Å². The van der Waals surface area contributed by atoms with E-state index in [0.717, 1.165) is 21.2 Å². The van der Waals surface area contributed by atoms with Crippen LogP contribution >= 0.6 is 14.3 Å². The molecule has 4 nitrogen and oxygen atoms in total. The van der Waals surface area contributed by atoms with Crippen LogP contribution < -0.4 is 21.2 Å². The highest BCUT2D eigenvalue weighted by atomic mass is 31.2. The average molecular weight is 505 g/mol. The Morgan fingerprint density at radius 3 is 0.943 bits per heavy atom. The van der Waals surface area contributed by atoms with E-state index in [1.807, 2.05) is 121 Å². The Morgan fingerprint density at radius 2 is 0.686 bits per heavy atom. The summed E-state index contributed by atoms with van der Waals surface area (Å²) in [6.07, 6.45) is 0.772. The fourth-order valence-electron chi connectivity index (χ4n) is 4.05. The molecule has 0 heterocycles. The summed E-state index contributed by atoms with van der Waals surface area (Å²) in [7, 11) is -5.62. The number of hydrogen-bond acceptors (Lipinski definition) is 4. The van der Waals surface area contributed by atoms with Gasteiger partial charge in [-0.15, -0.1) is 0 Å². The molecule has 0 aliphatic heterocycles. The van der Waals surface area contributed by atoms with E-state index >= 15 is 0 Å². The molecule has 0 fully saturated rings. The smallest absolute Gasteiger partial charge is 0.146 e. The zero-order valence-corrected chi connectivity index (χ0v) is 21.4. The van der Waals surface area contributed by atoms with Crippen molar-refractivity contribution in [2.24, 2.45) is 0 Å². The quantitative estimate of drug-likeness (QED) is 0.155. The van der Waals surface area contributed by atoms with Crippen molar-refractivity contribution in [3.05, 3.63) is 121 Å². The first-order valence-corrected chi connectivity index (χ1v) is 15.5. The van der Waals surface area contributed by atoms with Gasteiger partial charge in [0.1, 0.15) is 21.1 Å². The third-order valence-corrected chi connectivity index (χ3v) is 12.1. The molecular weight excluding hydrogens is 474 g/mol. The molecule has 6 heteroatoms. The van der Waals surface area contributed by atoms with Crippen molar-refractivity contribution in [3.63, 3.8) is 0 Å². The number of ether oxygens (including phenoxy) is 2. The summed E-state index contributed by atoms with van der Waals surface area (Å²) in [6, 6.07) is 38.3. The summed E-state index contributed by atoms with van der Waals surface area (Å²) in [4.78, 5) is 0. The van der Waals surface area contributed by atoms with E-state index in [9.17, 15) is 9.13 Å². The lowest BCUT2D eigenvalue weighted by atomic mass is 10.4. The van der Waals surface area contributed by atoms with Crippen LogP contribution in [-0.4, -0.2) is 32.3 Å². The maximum Gasteiger partial charge on any atom is 0.146 e. The van der Waals surface area contributed by atoms with Crippen LogP contribution in [0.3, 0.4) is 0 Å². The molecule has 0 aliphatic rings. The molecule has 0 aliphatic carbocycles. The van der Waals surface area contributed by atoms with Gasteiger partial charge in [-0.1, -0.05) is 121 Å². The lowest BCUT2D eigenvalue weighted by molar-refractivity contribution is -0.0431. The van der Waals surface area contributed by atoms with E-state index in [1.165, 1.54) is 0 Å². The van der Waals surface area contributed by atoms with Gasteiger partial charge >= 0.3 is 0 Å². The molecule has 0 saturated heterocycles. The van der Waals surface area contributed by atoms with Crippen molar-refractivity contribution in [1.82, 2.24) is 0 Å². The average Bonchev–Trinajstić information content (AvgIpc) is 2.94. The van der Waals surface area contributed by atoms with Crippen LogP contribution in [0.5, 0.6) is 0 Å². The number of hydrogen-bond donors (Lipinski definition) is 0. The summed E-state index contributed by atoms with van der Waals surface area (Å²) >= 11 is 0. The third-order valence-electron chi connectivity index (χ3n) is 5.96. The molecule has 180 valence electrons. The van der Waals surface area contributed by atoms with Gasteiger partial charge in [0.2, 0.25) is 0 Å². The van der Waals surface area contributed by atoms with Crippen LogP contribution in [0.4, 0.5) is 0 Å². The summed E-state index contributed by atoms with van der Waals surface area (Å²) < 4.78 is 39.4. The van der Waals surface area contributed by atoms with Gasteiger partial charge in [-0.05, 0) is 0 Å². The van der Waals surface area contributed by atoms with Gasteiger partial charge in [0.05, 0.1) is 13.2 Å². The van der Waals surface area contributed by atoms with Crippen molar-refractivity contribution >= 4 is 35.5 Å². The van der Waals surface area contributed by atoms with E-state index < -0.39 is 14.3 Å². The van der Waals surface area contributed by atoms with E-state index in [0.29, 0.717) is 25.5 Å². The van der Waals surface area contributed by atoms with Crippen LogP contribution in [0.1, 0.15) is 0 Å². The Bertz CT molecular complexity index is 1080. The van der Waals surface area contributed by atoms with Gasteiger partial charge in [0.25, 0.3) is 0 Å². The zero-order chi connectivity index (χ0) is 24.4. The van der Waals surface area contributed by atoms with Crippen molar-refractivity contribution in [3.8, 4) is 0 Å². The third kappa shape index (κ3) is 6.28. The standard InChI is InChI=1S/C29H30O4P2/c30-34(26-13-5-1-6-14-26,27-15-7-2-8-16-27)23-21-32-25-33-22-24-35(31,28-17-9-3-10-18-28)29-19-11-4-12-20-29/h1-20H,21-25H2. The minimum atomic E-state index is -2.81. The van der Waals surface area contributed by atoms with E-state index in [-0.39, 0.29) is 6.79 Å². The van der Waals surface area contributed by atoms with E-state index in [1.54, 1.807) is 0 Å². The highest BCUT2D eigenvalue weighted by molar-refractivity contribution is 7.79. The second-order valence-electron chi connectivity index (χ2n) is 8.20. The van der Waals surface area contributed by atoms with Crippen molar-refractivity contribution in [2.45, 2.75) is 0 Å². The first-order valence-electron chi connectivity index (χ1n) is 11.7. The normalized spacial score (nSPS) is 11.9.